The molecule has 2 N–H and O–H groups in total. The van der Waals surface area contributed by atoms with Crippen molar-refractivity contribution in [2.45, 2.75) is 25.3 Å². The molecule has 0 heterocycles. The molecule has 1 aromatic rings. The number of carbonyl (C=O) groups excluding carboxylic acids is 1. The average molecular weight is 288 g/mol. The summed E-state index contributed by atoms with van der Waals surface area (Å²) < 4.78 is 0. The molecule has 4 unspecified atom stereocenters. The summed E-state index contributed by atoms with van der Waals surface area (Å²) in [5, 5.41) is 23.4. The number of phenolic OH excluding ortho intramolecular Hbond substituents is 1. The molecule has 0 aliphatic heterocycles. The Kier molecular flexibility index (Phi) is 2.52. The molecule has 6 heteroatoms. The average Bonchev–Trinajstić information content (AvgIpc) is 2.83. The van der Waals surface area contributed by atoms with E-state index in [0.29, 0.717) is 11.8 Å². The van der Waals surface area contributed by atoms with Gasteiger partial charge in [-0.3, -0.25) is 14.9 Å². The summed E-state index contributed by atoms with van der Waals surface area (Å²) >= 11 is 0. The lowest BCUT2D eigenvalue weighted by Gasteiger charge is -2.11. The number of benzene rings is 1. The first-order valence-electron chi connectivity index (χ1n) is 7.34. The molecule has 4 rings (SSSR count). The van der Waals surface area contributed by atoms with Crippen molar-refractivity contribution in [1.82, 2.24) is 5.32 Å². The minimum Gasteiger partial charge on any atom is -0.508 e. The van der Waals surface area contributed by atoms with Gasteiger partial charge in [0.25, 0.3) is 11.6 Å². The van der Waals surface area contributed by atoms with Crippen LogP contribution < -0.4 is 5.32 Å². The number of aromatic hydroxyl groups is 1. The van der Waals surface area contributed by atoms with E-state index in [4.69, 9.17) is 0 Å². The van der Waals surface area contributed by atoms with E-state index in [1.165, 1.54) is 37.5 Å². The van der Waals surface area contributed by atoms with Gasteiger partial charge in [0.1, 0.15) is 11.3 Å². The molecule has 0 radical (unpaired) electrons. The molecule has 110 valence electrons. The van der Waals surface area contributed by atoms with Crippen LogP contribution in [-0.2, 0) is 0 Å². The summed E-state index contributed by atoms with van der Waals surface area (Å²) in [5.74, 6) is 2.01. The first-order valence-corrected chi connectivity index (χ1v) is 7.34. The van der Waals surface area contributed by atoms with Crippen molar-refractivity contribution in [3.8, 4) is 5.75 Å². The molecule has 0 aromatic heterocycles. The summed E-state index contributed by atoms with van der Waals surface area (Å²) in [6.45, 7) is 0. The molecule has 21 heavy (non-hydrogen) atoms. The van der Waals surface area contributed by atoms with Crippen LogP contribution in [0.3, 0.4) is 0 Å². The third-order valence-corrected chi connectivity index (χ3v) is 5.45. The molecule has 2 bridgehead atoms. The molecule has 3 aliphatic rings. The molecular weight excluding hydrogens is 272 g/mol. The number of carbonyl (C=O) groups is 1. The Balaban J connectivity index is 1.54. The maximum atomic E-state index is 12.3. The number of nitro benzene ring substituents is 1. The highest BCUT2D eigenvalue weighted by molar-refractivity contribution is 5.99. The highest BCUT2D eigenvalue weighted by Gasteiger charge is 2.65. The van der Waals surface area contributed by atoms with Gasteiger partial charge in [-0.1, -0.05) is 0 Å². The van der Waals surface area contributed by atoms with Crippen molar-refractivity contribution in [3.05, 3.63) is 33.9 Å². The van der Waals surface area contributed by atoms with Gasteiger partial charge >= 0.3 is 0 Å². The number of nitrogens with one attached hydrogen (secondary N) is 1. The van der Waals surface area contributed by atoms with Crippen LogP contribution in [0.2, 0.25) is 0 Å². The van der Waals surface area contributed by atoms with Gasteiger partial charge in [-0.2, -0.15) is 0 Å². The first kappa shape index (κ1) is 12.6. The fourth-order valence-electron chi connectivity index (χ4n) is 4.61. The molecule has 1 aromatic carbocycles. The molecule has 6 nitrogen and oxygen atoms in total. The number of fused-ring (bicyclic) bond motifs is 5. The third kappa shape index (κ3) is 1.81. The fourth-order valence-corrected chi connectivity index (χ4v) is 4.61. The molecule has 0 saturated heterocycles. The SMILES string of the molecule is O=C(NC1C2C3CCC(C3)C12)c1cc(O)ccc1[N+](=O)[O-]. The summed E-state index contributed by atoms with van der Waals surface area (Å²) in [7, 11) is 0. The van der Waals surface area contributed by atoms with Crippen molar-refractivity contribution in [1.29, 1.82) is 0 Å². The second-order valence-corrected chi connectivity index (χ2v) is 6.45. The van der Waals surface area contributed by atoms with Gasteiger partial charge in [-0.15, -0.1) is 0 Å². The second kappa shape index (κ2) is 4.19. The minimum absolute atomic E-state index is 0.0580. The van der Waals surface area contributed by atoms with E-state index in [0.717, 1.165) is 11.8 Å². The van der Waals surface area contributed by atoms with Crippen LogP contribution >= 0.6 is 0 Å². The van der Waals surface area contributed by atoms with Gasteiger partial charge in [-0.05, 0) is 55.1 Å². The Bertz CT molecular complexity index is 629. The van der Waals surface area contributed by atoms with E-state index >= 15 is 0 Å². The van der Waals surface area contributed by atoms with Crippen LogP contribution in [0.4, 0.5) is 5.69 Å². The Morgan fingerprint density at radius 3 is 2.57 bits per heavy atom. The first-order chi connectivity index (χ1) is 10.1. The number of amides is 1. The zero-order valence-electron chi connectivity index (χ0n) is 11.4. The predicted molar refractivity (Wildman–Crippen MR) is 73.8 cm³/mol. The van der Waals surface area contributed by atoms with Crippen LogP contribution in [0.15, 0.2) is 18.2 Å². The van der Waals surface area contributed by atoms with Crippen LogP contribution in [0.1, 0.15) is 29.6 Å². The Morgan fingerprint density at radius 1 is 1.29 bits per heavy atom. The number of nitro groups is 1. The Hall–Kier alpha value is -2.11. The van der Waals surface area contributed by atoms with E-state index in [2.05, 4.69) is 5.32 Å². The number of phenols is 1. The van der Waals surface area contributed by atoms with Crippen molar-refractivity contribution in [2.75, 3.05) is 0 Å². The monoisotopic (exact) mass is 288 g/mol. The van der Waals surface area contributed by atoms with E-state index in [1.807, 2.05) is 0 Å². The molecule has 1 amide bonds. The lowest BCUT2D eigenvalue weighted by molar-refractivity contribution is -0.385. The van der Waals surface area contributed by atoms with Gasteiger partial charge in [0.05, 0.1) is 4.92 Å². The van der Waals surface area contributed by atoms with Gasteiger partial charge < -0.3 is 10.4 Å². The van der Waals surface area contributed by atoms with E-state index in [-0.39, 0.29) is 23.0 Å². The maximum absolute atomic E-state index is 12.3. The van der Waals surface area contributed by atoms with Crippen LogP contribution in [0, 0.1) is 33.8 Å². The number of rotatable bonds is 3. The van der Waals surface area contributed by atoms with Crippen molar-refractivity contribution < 1.29 is 14.8 Å². The summed E-state index contributed by atoms with van der Waals surface area (Å²) in [6, 6.07) is 3.73. The Labute approximate surface area is 121 Å². The number of nitrogens with zero attached hydrogens (tertiary/aromatic N) is 1. The van der Waals surface area contributed by atoms with Crippen LogP contribution in [0.5, 0.6) is 5.75 Å². The van der Waals surface area contributed by atoms with E-state index in [1.54, 1.807) is 0 Å². The summed E-state index contributed by atoms with van der Waals surface area (Å²) in [5.41, 5.74) is -0.323. The second-order valence-electron chi connectivity index (χ2n) is 6.45. The lowest BCUT2D eigenvalue weighted by atomic mass is 10.0. The zero-order valence-corrected chi connectivity index (χ0v) is 11.4. The quantitative estimate of drug-likeness (QED) is 0.658. The van der Waals surface area contributed by atoms with Gasteiger partial charge in [-0.25, -0.2) is 0 Å². The molecule has 4 atom stereocenters. The van der Waals surface area contributed by atoms with E-state index < -0.39 is 10.8 Å². The van der Waals surface area contributed by atoms with Crippen LogP contribution in [-0.4, -0.2) is 22.0 Å². The highest BCUT2D eigenvalue weighted by Crippen LogP contribution is 2.65. The number of hydrogen-bond acceptors (Lipinski definition) is 4. The third-order valence-electron chi connectivity index (χ3n) is 5.45. The standard InChI is InChI=1S/C15H16N2O4/c18-9-3-4-11(17(20)21)10(6-9)15(19)16-14-12-7-1-2-8(5-7)13(12)14/h3-4,6-8,12-14,18H,1-2,5H2,(H,16,19). The van der Waals surface area contributed by atoms with Crippen molar-refractivity contribution >= 4 is 11.6 Å². The molecule has 3 aliphatic carbocycles. The molecule has 3 fully saturated rings. The van der Waals surface area contributed by atoms with E-state index in [9.17, 15) is 20.0 Å². The van der Waals surface area contributed by atoms with Crippen LogP contribution in [0.25, 0.3) is 0 Å². The van der Waals surface area contributed by atoms with Crippen molar-refractivity contribution in [3.63, 3.8) is 0 Å². The smallest absolute Gasteiger partial charge is 0.282 e. The largest absolute Gasteiger partial charge is 0.508 e. The number of hydrogen-bond donors (Lipinski definition) is 2. The van der Waals surface area contributed by atoms with Gasteiger partial charge in [0, 0.05) is 12.1 Å². The maximum Gasteiger partial charge on any atom is 0.282 e. The van der Waals surface area contributed by atoms with Gasteiger partial charge in [0.2, 0.25) is 0 Å². The minimum atomic E-state index is -0.591. The molecule has 0 spiro atoms. The molecule has 3 saturated carbocycles. The fraction of sp³-hybridized carbons (Fsp3) is 0.533. The topological polar surface area (TPSA) is 92.5 Å². The highest BCUT2D eigenvalue weighted by atomic mass is 16.6. The Morgan fingerprint density at radius 2 is 1.95 bits per heavy atom. The lowest BCUT2D eigenvalue weighted by Crippen LogP contribution is -2.30. The van der Waals surface area contributed by atoms with Crippen molar-refractivity contribution in [2.24, 2.45) is 23.7 Å². The van der Waals surface area contributed by atoms with Gasteiger partial charge in [0.15, 0.2) is 0 Å². The molecular formula is C15H16N2O4. The summed E-state index contributed by atoms with van der Waals surface area (Å²) in [6.07, 6.45) is 3.79. The zero-order chi connectivity index (χ0) is 14.7. The summed E-state index contributed by atoms with van der Waals surface area (Å²) in [4.78, 5) is 22.7. The predicted octanol–water partition coefficient (Wildman–Crippen LogP) is 2.07. The normalized spacial score (nSPS) is 35.3.